The lowest BCUT2D eigenvalue weighted by Gasteiger charge is -2.01. The predicted molar refractivity (Wildman–Crippen MR) is 85.2 cm³/mol. The lowest BCUT2D eigenvalue weighted by Crippen LogP contribution is -1.99. The molecule has 0 saturated carbocycles. The summed E-state index contributed by atoms with van der Waals surface area (Å²) in [5.41, 5.74) is 1.46. The van der Waals surface area contributed by atoms with Gasteiger partial charge in [-0.1, -0.05) is 34.9 Å². The van der Waals surface area contributed by atoms with Crippen molar-refractivity contribution in [1.82, 2.24) is 10.2 Å². The molecule has 1 heterocycles. The van der Waals surface area contributed by atoms with Gasteiger partial charge in [-0.2, -0.15) is 0 Å². The smallest absolute Gasteiger partial charge is 0.316 e. The highest BCUT2D eigenvalue weighted by Crippen LogP contribution is 2.24. The van der Waals surface area contributed by atoms with Crippen LogP contribution in [-0.2, 0) is 6.54 Å². The molecule has 23 heavy (non-hydrogen) atoms. The molecular weight excluding hydrogens is 320 g/mol. The van der Waals surface area contributed by atoms with Crippen molar-refractivity contribution in [2.45, 2.75) is 6.54 Å². The maximum Gasteiger partial charge on any atom is 0.316 e. The maximum absolute atomic E-state index is 10.8. The molecule has 0 unspecified atom stereocenters. The first-order valence-electron chi connectivity index (χ1n) is 6.68. The summed E-state index contributed by atoms with van der Waals surface area (Å²) in [5, 5.41) is 22.2. The van der Waals surface area contributed by atoms with Crippen molar-refractivity contribution in [3.63, 3.8) is 0 Å². The van der Waals surface area contributed by atoms with E-state index >= 15 is 0 Å². The second-order valence-corrected chi connectivity index (χ2v) is 5.14. The Labute approximate surface area is 136 Å². The number of non-ortho nitro benzene ring substituents is 1. The highest BCUT2D eigenvalue weighted by molar-refractivity contribution is 6.30. The van der Waals surface area contributed by atoms with Gasteiger partial charge in [0.25, 0.3) is 5.69 Å². The summed E-state index contributed by atoms with van der Waals surface area (Å²) in [6.45, 7) is 0.494. The third-order valence-electron chi connectivity index (χ3n) is 3.09. The molecule has 0 amide bonds. The molecule has 3 rings (SSSR count). The van der Waals surface area contributed by atoms with Crippen LogP contribution in [0.25, 0.3) is 11.5 Å². The number of aromatic nitrogens is 2. The average molecular weight is 331 g/mol. The van der Waals surface area contributed by atoms with Gasteiger partial charge in [0.2, 0.25) is 5.89 Å². The average Bonchev–Trinajstić information content (AvgIpc) is 3.03. The fraction of sp³-hybridized carbons (Fsp3) is 0.0667. The molecule has 0 aliphatic heterocycles. The third kappa shape index (κ3) is 3.64. The van der Waals surface area contributed by atoms with Crippen LogP contribution in [0.4, 0.5) is 11.7 Å². The van der Waals surface area contributed by atoms with Crippen LogP contribution in [0.5, 0.6) is 0 Å². The Bertz CT molecular complexity index is 833. The van der Waals surface area contributed by atoms with E-state index in [1.165, 1.54) is 12.1 Å². The SMILES string of the molecule is O=[N+]([O-])c1cccc(-c2nnc(NCc3ccc(Cl)cc3)o2)c1. The van der Waals surface area contributed by atoms with Crippen molar-refractivity contribution in [2.75, 3.05) is 5.32 Å². The van der Waals surface area contributed by atoms with Crippen LogP contribution in [-0.4, -0.2) is 15.1 Å². The number of anilines is 1. The molecule has 0 aliphatic carbocycles. The highest BCUT2D eigenvalue weighted by Gasteiger charge is 2.12. The first-order valence-corrected chi connectivity index (χ1v) is 7.06. The third-order valence-corrected chi connectivity index (χ3v) is 3.34. The van der Waals surface area contributed by atoms with Crippen LogP contribution in [0, 0.1) is 10.1 Å². The van der Waals surface area contributed by atoms with Crippen LogP contribution in [0.2, 0.25) is 5.02 Å². The van der Waals surface area contributed by atoms with Crippen molar-refractivity contribution in [2.24, 2.45) is 0 Å². The van der Waals surface area contributed by atoms with Crippen LogP contribution in [0.3, 0.4) is 0 Å². The minimum absolute atomic E-state index is 0.0311. The summed E-state index contributed by atoms with van der Waals surface area (Å²) >= 11 is 5.83. The minimum atomic E-state index is -0.473. The number of nitro benzene ring substituents is 1. The molecule has 1 aromatic heterocycles. The molecule has 0 aliphatic rings. The highest BCUT2D eigenvalue weighted by atomic mass is 35.5. The van der Waals surface area contributed by atoms with Gasteiger partial charge in [0.15, 0.2) is 0 Å². The number of nitrogens with one attached hydrogen (secondary N) is 1. The Balaban J connectivity index is 1.71. The molecule has 8 heteroatoms. The molecule has 7 nitrogen and oxygen atoms in total. The summed E-state index contributed by atoms with van der Waals surface area (Å²) in [6.07, 6.45) is 0. The number of rotatable bonds is 5. The van der Waals surface area contributed by atoms with E-state index in [0.717, 1.165) is 5.56 Å². The number of benzene rings is 2. The summed E-state index contributed by atoms with van der Waals surface area (Å²) < 4.78 is 5.47. The standard InChI is InChI=1S/C15H11ClN4O3/c16-12-6-4-10(5-7-12)9-17-15-19-18-14(23-15)11-2-1-3-13(8-11)20(21)22/h1-8H,9H2,(H,17,19). The Morgan fingerprint density at radius 1 is 1.17 bits per heavy atom. The fourth-order valence-corrected chi connectivity index (χ4v) is 2.07. The molecule has 0 radical (unpaired) electrons. The Kier molecular flexibility index (Phi) is 4.20. The van der Waals surface area contributed by atoms with Crippen LogP contribution < -0.4 is 5.32 Å². The van der Waals surface area contributed by atoms with Gasteiger partial charge in [-0.25, -0.2) is 0 Å². The van der Waals surface area contributed by atoms with E-state index in [-0.39, 0.29) is 17.6 Å². The summed E-state index contributed by atoms with van der Waals surface area (Å²) in [5.74, 6) is 0.215. The van der Waals surface area contributed by atoms with Crippen molar-refractivity contribution < 1.29 is 9.34 Å². The lowest BCUT2D eigenvalue weighted by atomic mass is 10.2. The van der Waals surface area contributed by atoms with Crippen LogP contribution in [0.15, 0.2) is 52.9 Å². The zero-order valence-electron chi connectivity index (χ0n) is 11.8. The predicted octanol–water partition coefficient (Wildman–Crippen LogP) is 3.91. The molecule has 0 saturated heterocycles. The van der Waals surface area contributed by atoms with E-state index in [0.29, 0.717) is 17.1 Å². The summed E-state index contributed by atoms with van der Waals surface area (Å²) in [6, 6.07) is 13.6. The van der Waals surface area contributed by atoms with Crippen molar-refractivity contribution >= 4 is 23.3 Å². The minimum Gasteiger partial charge on any atom is -0.403 e. The van der Waals surface area contributed by atoms with Gasteiger partial charge in [0.05, 0.1) is 4.92 Å². The zero-order valence-corrected chi connectivity index (χ0v) is 12.5. The van der Waals surface area contributed by atoms with E-state index < -0.39 is 4.92 Å². The molecule has 0 bridgehead atoms. The van der Waals surface area contributed by atoms with Gasteiger partial charge in [0, 0.05) is 29.3 Å². The quantitative estimate of drug-likeness (QED) is 0.563. The molecule has 2 aromatic carbocycles. The van der Waals surface area contributed by atoms with E-state index in [4.69, 9.17) is 16.0 Å². The first kappa shape index (κ1) is 15.0. The van der Waals surface area contributed by atoms with Gasteiger partial charge < -0.3 is 9.73 Å². The first-order chi connectivity index (χ1) is 11.1. The van der Waals surface area contributed by atoms with Crippen molar-refractivity contribution in [1.29, 1.82) is 0 Å². The van der Waals surface area contributed by atoms with E-state index in [1.54, 1.807) is 24.3 Å². The van der Waals surface area contributed by atoms with E-state index in [9.17, 15) is 10.1 Å². The normalized spacial score (nSPS) is 10.5. The molecular formula is C15H11ClN4O3. The number of nitrogens with zero attached hydrogens (tertiary/aromatic N) is 3. The van der Waals surface area contributed by atoms with Gasteiger partial charge in [-0.15, -0.1) is 5.10 Å². The second-order valence-electron chi connectivity index (χ2n) is 4.70. The summed E-state index contributed by atoms with van der Waals surface area (Å²) in [4.78, 5) is 10.3. The number of hydrogen-bond acceptors (Lipinski definition) is 6. The Morgan fingerprint density at radius 3 is 2.70 bits per heavy atom. The van der Waals surface area contributed by atoms with Crippen LogP contribution in [0.1, 0.15) is 5.56 Å². The number of nitro groups is 1. The monoisotopic (exact) mass is 330 g/mol. The second kappa shape index (κ2) is 6.45. The molecule has 3 aromatic rings. The van der Waals surface area contributed by atoms with Gasteiger partial charge in [-0.3, -0.25) is 10.1 Å². The lowest BCUT2D eigenvalue weighted by molar-refractivity contribution is -0.384. The van der Waals surface area contributed by atoms with Gasteiger partial charge in [0.1, 0.15) is 0 Å². The van der Waals surface area contributed by atoms with Gasteiger partial charge in [-0.05, 0) is 23.8 Å². The molecule has 0 fully saturated rings. The molecule has 116 valence electrons. The van der Waals surface area contributed by atoms with Crippen molar-refractivity contribution in [3.05, 3.63) is 69.2 Å². The number of hydrogen-bond donors (Lipinski definition) is 1. The van der Waals surface area contributed by atoms with Gasteiger partial charge >= 0.3 is 6.01 Å². The fourth-order valence-electron chi connectivity index (χ4n) is 1.94. The van der Waals surface area contributed by atoms with E-state index in [2.05, 4.69) is 15.5 Å². The van der Waals surface area contributed by atoms with Crippen LogP contribution >= 0.6 is 11.6 Å². The Hall–Kier alpha value is -2.93. The zero-order chi connectivity index (χ0) is 16.2. The molecule has 0 atom stereocenters. The van der Waals surface area contributed by atoms with E-state index in [1.807, 2.05) is 12.1 Å². The molecule has 1 N–H and O–H groups in total. The molecule has 0 spiro atoms. The topological polar surface area (TPSA) is 94.1 Å². The number of halogens is 1. The largest absolute Gasteiger partial charge is 0.403 e. The maximum atomic E-state index is 10.8. The summed E-state index contributed by atoms with van der Waals surface area (Å²) in [7, 11) is 0. The Morgan fingerprint density at radius 2 is 1.96 bits per heavy atom. The van der Waals surface area contributed by atoms with Crippen molar-refractivity contribution in [3.8, 4) is 11.5 Å².